The average Bonchev–Trinajstić information content (AvgIpc) is 3.11. The van der Waals surface area contributed by atoms with Crippen LogP contribution in [0.4, 0.5) is 0 Å². The smallest absolute Gasteiger partial charge is 0.282 e. The fraction of sp³-hybridized carbons (Fsp3) is 0.367. The van der Waals surface area contributed by atoms with Gasteiger partial charge in [0.15, 0.2) is 5.82 Å². The summed E-state index contributed by atoms with van der Waals surface area (Å²) in [5.74, 6) is 1.64. The number of rotatable bonds is 7. The average molecular weight is 485 g/mol. The zero-order valence-corrected chi connectivity index (χ0v) is 22.6. The number of hydrogen-bond acceptors (Lipinski definition) is 4. The molecule has 0 N–H and O–H groups in total. The lowest BCUT2D eigenvalue weighted by Crippen LogP contribution is -2.21. The van der Waals surface area contributed by atoms with Crippen LogP contribution in [0.5, 0.6) is 5.75 Å². The van der Waals surface area contributed by atoms with Crippen LogP contribution in [0.2, 0.25) is 0 Å². The molecule has 0 atom stereocenters. The first-order chi connectivity index (χ1) is 17.1. The third kappa shape index (κ3) is 4.60. The molecule has 36 heavy (non-hydrogen) atoms. The van der Waals surface area contributed by atoms with Crippen LogP contribution in [0.25, 0.3) is 22.3 Å². The highest BCUT2D eigenvalue weighted by atomic mass is 16.5. The first-order valence-electron chi connectivity index (χ1n) is 12.7. The van der Waals surface area contributed by atoms with Gasteiger partial charge < -0.3 is 9.30 Å². The summed E-state index contributed by atoms with van der Waals surface area (Å²) in [5, 5.41) is 5.26. The predicted molar refractivity (Wildman–Crippen MR) is 149 cm³/mol. The maximum absolute atomic E-state index is 13.7. The lowest BCUT2D eigenvalue weighted by molar-refractivity contribution is 0.335. The van der Waals surface area contributed by atoms with Crippen molar-refractivity contribution < 1.29 is 4.74 Å². The van der Waals surface area contributed by atoms with Gasteiger partial charge in [-0.1, -0.05) is 26.0 Å². The second-order valence-corrected chi connectivity index (χ2v) is 9.90. The van der Waals surface area contributed by atoms with Crippen molar-refractivity contribution in [3.8, 4) is 17.1 Å². The van der Waals surface area contributed by atoms with Crippen molar-refractivity contribution in [3.05, 3.63) is 80.9 Å². The number of benzene rings is 2. The number of ether oxygens (including phenoxy) is 1. The Labute approximate surface area is 213 Å². The van der Waals surface area contributed by atoms with Gasteiger partial charge in [0.25, 0.3) is 5.56 Å². The summed E-state index contributed by atoms with van der Waals surface area (Å²) in [6.07, 6.45) is 1.77. The van der Waals surface area contributed by atoms with Crippen molar-refractivity contribution in [1.29, 1.82) is 0 Å². The first-order valence-corrected chi connectivity index (χ1v) is 12.7. The molecule has 0 fully saturated rings. The van der Waals surface area contributed by atoms with E-state index in [1.165, 1.54) is 4.68 Å². The standard InChI is InChI=1S/C30H36N4O2/c1-9-36-28-14-20(6)26(16-25(28)18(2)3)29-32-27-13-11-10-12-24(27)30(35)34(29)31-17-23-15-21(7)33(19(4)5)22(23)8/h10-19H,9H2,1-8H3. The minimum Gasteiger partial charge on any atom is -0.494 e. The highest BCUT2D eigenvalue weighted by molar-refractivity contribution is 5.83. The van der Waals surface area contributed by atoms with Crippen molar-refractivity contribution in [3.63, 3.8) is 0 Å². The van der Waals surface area contributed by atoms with Crippen LogP contribution < -0.4 is 10.3 Å². The molecule has 0 amide bonds. The van der Waals surface area contributed by atoms with Crippen molar-refractivity contribution >= 4 is 17.1 Å². The second-order valence-electron chi connectivity index (χ2n) is 9.90. The Balaban J connectivity index is 1.97. The zero-order chi connectivity index (χ0) is 26.1. The van der Waals surface area contributed by atoms with Crippen LogP contribution in [0, 0.1) is 20.8 Å². The lowest BCUT2D eigenvalue weighted by atomic mass is 9.96. The Morgan fingerprint density at radius 3 is 2.42 bits per heavy atom. The molecule has 0 aliphatic heterocycles. The molecule has 0 unspecified atom stereocenters. The Kier molecular flexibility index (Phi) is 7.16. The molecule has 0 spiro atoms. The topological polar surface area (TPSA) is 61.4 Å². The molecule has 0 radical (unpaired) electrons. The summed E-state index contributed by atoms with van der Waals surface area (Å²) in [6, 6.07) is 14.0. The van der Waals surface area contributed by atoms with E-state index in [0.29, 0.717) is 29.4 Å². The molecule has 6 heteroatoms. The number of nitrogens with zero attached hydrogens (tertiary/aromatic N) is 4. The Morgan fingerprint density at radius 1 is 1.06 bits per heavy atom. The van der Waals surface area contributed by atoms with Gasteiger partial charge >= 0.3 is 0 Å². The molecule has 0 bridgehead atoms. The Morgan fingerprint density at radius 2 is 1.78 bits per heavy atom. The van der Waals surface area contributed by atoms with Crippen LogP contribution in [0.1, 0.15) is 74.7 Å². The normalized spacial score (nSPS) is 11.9. The number of aromatic nitrogens is 3. The molecular formula is C30H36N4O2. The summed E-state index contributed by atoms with van der Waals surface area (Å²) in [4.78, 5) is 18.6. The molecule has 4 rings (SSSR count). The maximum atomic E-state index is 13.7. The van der Waals surface area contributed by atoms with E-state index in [2.05, 4.69) is 58.2 Å². The van der Waals surface area contributed by atoms with Gasteiger partial charge in [-0.2, -0.15) is 9.78 Å². The molecule has 2 aromatic carbocycles. The minimum absolute atomic E-state index is 0.191. The predicted octanol–water partition coefficient (Wildman–Crippen LogP) is 6.78. The third-order valence-electron chi connectivity index (χ3n) is 6.63. The van der Waals surface area contributed by atoms with E-state index in [0.717, 1.165) is 39.4 Å². The summed E-state index contributed by atoms with van der Waals surface area (Å²) in [6.45, 7) is 17.4. The maximum Gasteiger partial charge on any atom is 0.282 e. The van der Waals surface area contributed by atoms with Crippen LogP contribution in [-0.2, 0) is 0 Å². The van der Waals surface area contributed by atoms with Crippen LogP contribution >= 0.6 is 0 Å². The van der Waals surface area contributed by atoms with E-state index in [-0.39, 0.29) is 11.5 Å². The summed E-state index contributed by atoms with van der Waals surface area (Å²) in [7, 11) is 0. The summed E-state index contributed by atoms with van der Waals surface area (Å²) >= 11 is 0. The fourth-order valence-electron chi connectivity index (χ4n) is 4.92. The highest BCUT2D eigenvalue weighted by Gasteiger charge is 2.19. The fourth-order valence-corrected chi connectivity index (χ4v) is 4.92. The number of aryl methyl sites for hydroxylation is 2. The van der Waals surface area contributed by atoms with Gasteiger partial charge in [-0.05, 0) is 88.9 Å². The molecule has 2 aromatic heterocycles. The van der Waals surface area contributed by atoms with Crippen molar-refractivity contribution in [1.82, 2.24) is 14.2 Å². The van der Waals surface area contributed by atoms with Crippen molar-refractivity contribution in [2.45, 2.75) is 67.3 Å². The second kappa shape index (κ2) is 10.1. The molecule has 188 valence electrons. The SMILES string of the molecule is CCOc1cc(C)c(-c2nc3ccccc3c(=O)n2N=Cc2cc(C)n(C(C)C)c2C)cc1C(C)C. The quantitative estimate of drug-likeness (QED) is 0.272. The molecule has 0 saturated heterocycles. The zero-order valence-electron chi connectivity index (χ0n) is 22.6. The molecule has 0 aliphatic rings. The molecular weight excluding hydrogens is 448 g/mol. The van der Waals surface area contributed by atoms with E-state index < -0.39 is 0 Å². The van der Waals surface area contributed by atoms with Gasteiger partial charge in [0, 0.05) is 28.6 Å². The molecule has 0 saturated carbocycles. The minimum atomic E-state index is -0.191. The van der Waals surface area contributed by atoms with E-state index in [4.69, 9.17) is 14.8 Å². The van der Waals surface area contributed by atoms with E-state index in [1.54, 1.807) is 12.3 Å². The molecule has 6 nitrogen and oxygen atoms in total. The van der Waals surface area contributed by atoms with Crippen LogP contribution in [-0.4, -0.2) is 27.0 Å². The van der Waals surface area contributed by atoms with Gasteiger partial charge in [-0.25, -0.2) is 4.98 Å². The van der Waals surface area contributed by atoms with Crippen LogP contribution in [0.3, 0.4) is 0 Å². The van der Waals surface area contributed by atoms with E-state index in [1.807, 2.05) is 38.1 Å². The Hall–Kier alpha value is -3.67. The van der Waals surface area contributed by atoms with Gasteiger partial charge in [-0.3, -0.25) is 4.79 Å². The van der Waals surface area contributed by atoms with Gasteiger partial charge in [0.2, 0.25) is 0 Å². The monoisotopic (exact) mass is 484 g/mol. The third-order valence-corrected chi connectivity index (χ3v) is 6.63. The Bertz CT molecular complexity index is 1510. The van der Waals surface area contributed by atoms with E-state index in [9.17, 15) is 4.79 Å². The molecule has 0 aliphatic carbocycles. The number of fused-ring (bicyclic) bond motifs is 1. The van der Waals surface area contributed by atoms with Gasteiger partial charge in [0.1, 0.15) is 5.75 Å². The van der Waals surface area contributed by atoms with E-state index >= 15 is 0 Å². The largest absolute Gasteiger partial charge is 0.494 e. The van der Waals surface area contributed by atoms with Crippen LogP contribution in [0.15, 0.2) is 52.4 Å². The summed E-state index contributed by atoms with van der Waals surface area (Å²) in [5.41, 5.74) is 6.66. The van der Waals surface area contributed by atoms with Crippen molar-refractivity contribution in [2.75, 3.05) is 6.61 Å². The molecule has 2 heterocycles. The van der Waals surface area contributed by atoms with Crippen molar-refractivity contribution in [2.24, 2.45) is 5.10 Å². The van der Waals surface area contributed by atoms with Gasteiger partial charge in [0.05, 0.1) is 23.7 Å². The highest BCUT2D eigenvalue weighted by Crippen LogP contribution is 2.34. The first kappa shape index (κ1) is 25.4. The number of para-hydroxylation sites is 1. The molecule has 4 aromatic rings. The summed E-state index contributed by atoms with van der Waals surface area (Å²) < 4.78 is 9.64. The van der Waals surface area contributed by atoms with Gasteiger partial charge in [-0.15, -0.1) is 0 Å². The number of hydrogen-bond donors (Lipinski definition) is 0. The lowest BCUT2D eigenvalue weighted by Gasteiger charge is -2.18.